The molecular formula is C68H62N2O16Zn2. The van der Waals surface area contributed by atoms with Gasteiger partial charge < -0.3 is 77.5 Å². The summed E-state index contributed by atoms with van der Waals surface area (Å²) >= 11 is 0. The van der Waals surface area contributed by atoms with Gasteiger partial charge in [0, 0.05) is 36.0 Å². The van der Waals surface area contributed by atoms with E-state index < -0.39 is 23.9 Å². The van der Waals surface area contributed by atoms with E-state index in [-0.39, 0.29) is 61.2 Å². The smallest absolute Gasteiger partial charge is 0.545 e. The fourth-order valence-corrected chi connectivity index (χ4v) is 8.07. The van der Waals surface area contributed by atoms with Gasteiger partial charge in [-0.1, -0.05) is 133 Å². The molecule has 88 heavy (non-hydrogen) atoms. The summed E-state index contributed by atoms with van der Waals surface area (Å²) in [6, 6.07) is 55.8. The van der Waals surface area contributed by atoms with Crippen molar-refractivity contribution in [3.05, 3.63) is 251 Å². The Balaban J connectivity index is 0.000000295. The summed E-state index contributed by atoms with van der Waals surface area (Å²) in [5, 5.41) is 44.6. The number of carboxylic acid groups (broad SMARTS) is 4. The Morgan fingerprint density at radius 2 is 0.545 bits per heavy atom. The van der Waals surface area contributed by atoms with Crippen molar-refractivity contribution in [2.75, 3.05) is 56.9 Å². The average Bonchev–Trinajstić information content (AvgIpc) is 1.16. The Morgan fingerprint density at radius 1 is 0.307 bits per heavy atom. The minimum Gasteiger partial charge on any atom is -0.545 e. The molecule has 0 N–H and O–H groups in total. The van der Waals surface area contributed by atoms with Crippen LogP contribution in [0.2, 0.25) is 0 Å². The van der Waals surface area contributed by atoms with E-state index in [1.165, 1.54) is 48.5 Å². The fraction of sp³-hybridized carbons (Fsp3) is 0.147. The van der Waals surface area contributed by atoms with E-state index in [0.29, 0.717) is 58.8 Å². The minimum atomic E-state index is -1.13. The molecule has 10 aromatic rings. The summed E-state index contributed by atoms with van der Waals surface area (Å²) in [7, 11) is 13.1. The first kappa shape index (κ1) is 72.4. The van der Waals surface area contributed by atoms with Gasteiger partial charge >= 0.3 is 39.0 Å². The second-order valence-electron chi connectivity index (χ2n) is 17.7. The van der Waals surface area contributed by atoms with Crippen LogP contribution in [0.15, 0.2) is 207 Å². The predicted molar refractivity (Wildman–Crippen MR) is 317 cm³/mol. The Labute approximate surface area is 535 Å². The average molecular weight is 1290 g/mol. The molecular weight excluding hydrogens is 1230 g/mol. The summed E-state index contributed by atoms with van der Waals surface area (Å²) in [5.41, 5.74) is 4.99. The molecule has 0 bridgehead atoms. The molecule has 0 atom stereocenters. The van der Waals surface area contributed by atoms with Crippen molar-refractivity contribution in [3.8, 4) is 46.0 Å². The van der Waals surface area contributed by atoms with Gasteiger partial charge in [-0.3, -0.25) is 9.97 Å². The van der Waals surface area contributed by atoms with Crippen LogP contribution in [-0.4, -0.2) is 90.7 Å². The first-order valence-corrected chi connectivity index (χ1v) is 26.1. The van der Waals surface area contributed by atoms with E-state index in [0.717, 1.165) is 44.1 Å². The number of nitrogens with zero attached hydrogens (tertiary/aromatic N) is 2. The molecule has 0 fully saturated rings. The molecule has 2 heterocycles. The van der Waals surface area contributed by atoms with E-state index >= 15 is 0 Å². The molecule has 0 unspecified atom stereocenters. The molecule has 10 rings (SSSR count). The summed E-state index contributed by atoms with van der Waals surface area (Å²) in [4.78, 5) is 49.5. The van der Waals surface area contributed by atoms with Crippen LogP contribution in [0, 0.1) is 0 Å². The van der Waals surface area contributed by atoms with Crippen LogP contribution in [-0.2, 0) is 51.8 Å². The number of hydrogen-bond acceptors (Lipinski definition) is 18. The first-order valence-electron chi connectivity index (χ1n) is 26.1. The van der Waals surface area contributed by atoms with Gasteiger partial charge in [-0.2, -0.15) is 0 Å². The van der Waals surface area contributed by atoms with Crippen molar-refractivity contribution in [2.24, 2.45) is 0 Å². The van der Waals surface area contributed by atoms with Crippen molar-refractivity contribution in [1.82, 2.24) is 9.97 Å². The number of methoxy groups -OCH3 is 8. The standard InChI is InChI=1S/2C20H21NO4.4C7H6O2.2Zn/c2*1-22-17-6-5-13(10-18(17)23-2)9-16-15-12-20(25-4)19(24-3)11-14(15)7-8-21-16;4*8-7(9)6-4-2-1-3-5-6;;/h2*5-8,10-12H,9H2,1-4H3;4*1-5H,(H,8,9);;/q;;;;;;2*+2/p-4. The van der Waals surface area contributed by atoms with Crippen molar-refractivity contribution in [2.45, 2.75) is 12.8 Å². The van der Waals surface area contributed by atoms with Gasteiger partial charge in [0.05, 0.1) is 92.1 Å². The molecule has 20 heteroatoms. The number of ether oxygens (including phenoxy) is 8. The Bertz CT molecular complexity index is 3440. The zero-order valence-corrected chi connectivity index (χ0v) is 55.8. The second-order valence-corrected chi connectivity index (χ2v) is 17.7. The quantitative estimate of drug-likeness (QED) is 0.0832. The molecule has 0 saturated heterocycles. The molecule has 444 valence electrons. The molecule has 0 saturated carbocycles. The molecule has 0 radical (unpaired) electrons. The van der Waals surface area contributed by atoms with Gasteiger partial charge in [-0.15, -0.1) is 0 Å². The number of aromatic carboxylic acids is 4. The number of pyridine rings is 2. The normalized spacial score (nSPS) is 9.64. The van der Waals surface area contributed by atoms with E-state index in [9.17, 15) is 39.6 Å². The third-order valence-corrected chi connectivity index (χ3v) is 12.4. The molecule has 0 spiro atoms. The zero-order valence-electron chi connectivity index (χ0n) is 49.9. The molecule has 0 amide bonds. The maximum absolute atomic E-state index is 10.1. The van der Waals surface area contributed by atoms with Crippen LogP contribution in [0.1, 0.15) is 63.9 Å². The maximum atomic E-state index is 10.1. The van der Waals surface area contributed by atoms with E-state index in [1.54, 1.807) is 130 Å². The number of benzene rings is 8. The van der Waals surface area contributed by atoms with Crippen LogP contribution in [0.3, 0.4) is 0 Å². The monoisotopic (exact) mass is 1290 g/mol. The predicted octanol–water partition coefficient (Wildman–Crippen LogP) is 7.92. The van der Waals surface area contributed by atoms with Crippen molar-refractivity contribution < 1.29 is 116 Å². The number of hydrogen-bond donors (Lipinski definition) is 0. The van der Waals surface area contributed by atoms with E-state index in [2.05, 4.69) is 9.97 Å². The second kappa shape index (κ2) is 38.2. The third kappa shape index (κ3) is 21.9. The van der Waals surface area contributed by atoms with Gasteiger partial charge in [-0.05, 0) is 105 Å². The Hall–Kier alpha value is -9.89. The van der Waals surface area contributed by atoms with Gasteiger partial charge in [0.2, 0.25) is 0 Å². The van der Waals surface area contributed by atoms with Crippen LogP contribution in [0.4, 0.5) is 0 Å². The molecule has 2 aromatic heterocycles. The van der Waals surface area contributed by atoms with Crippen LogP contribution >= 0.6 is 0 Å². The first-order chi connectivity index (χ1) is 41.6. The van der Waals surface area contributed by atoms with E-state index in [1.807, 2.05) is 85.2 Å². The van der Waals surface area contributed by atoms with Gasteiger partial charge in [0.25, 0.3) is 0 Å². The Kier molecular flexibility index (Phi) is 31.4. The van der Waals surface area contributed by atoms with Gasteiger partial charge in [0.1, 0.15) is 0 Å². The van der Waals surface area contributed by atoms with Crippen LogP contribution in [0.5, 0.6) is 46.0 Å². The number of carbonyl (C=O) groups is 4. The van der Waals surface area contributed by atoms with Crippen molar-refractivity contribution >= 4 is 45.4 Å². The summed E-state index contributed by atoms with van der Waals surface area (Å²) in [6.07, 6.45) is 4.97. The number of rotatable bonds is 16. The van der Waals surface area contributed by atoms with Crippen LogP contribution < -0.4 is 58.3 Å². The molecule has 0 aliphatic carbocycles. The topological polar surface area (TPSA) is 260 Å². The van der Waals surface area contributed by atoms with Gasteiger partial charge in [0.15, 0.2) is 46.0 Å². The summed E-state index contributed by atoms with van der Waals surface area (Å²) < 4.78 is 43.0. The largest absolute Gasteiger partial charge is 2.00 e. The number of aromatic nitrogens is 2. The molecule has 8 aromatic carbocycles. The SMILES string of the molecule is COc1ccc(Cc2nccc3cc(OC)c(OC)cc23)cc1OC.COc1ccc(Cc2nccc3cc(OC)c(OC)cc23)cc1OC.O=C([O-])c1ccccc1.O=C([O-])c1ccccc1.O=C([O-])c1ccccc1.O=C([O-])c1ccccc1.[Zn+2].[Zn+2]. The van der Waals surface area contributed by atoms with Crippen LogP contribution in [0.25, 0.3) is 21.5 Å². The zero-order chi connectivity index (χ0) is 62.4. The summed E-state index contributed by atoms with van der Waals surface area (Å²) in [6.45, 7) is 0. The molecule has 0 aliphatic heterocycles. The molecule has 18 nitrogen and oxygen atoms in total. The maximum Gasteiger partial charge on any atom is 2.00 e. The van der Waals surface area contributed by atoms with Crippen molar-refractivity contribution in [1.29, 1.82) is 0 Å². The van der Waals surface area contributed by atoms with Crippen molar-refractivity contribution in [3.63, 3.8) is 0 Å². The minimum absolute atomic E-state index is 0. The fourth-order valence-electron chi connectivity index (χ4n) is 8.07. The molecule has 0 aliphatic rings. The third-order valence-electron chi connectivity index (χ3n) is 12.4. The number of carboxylic acids is 4. The van der Waals surface area contributed by atoms with Gasteiger partial charge in [-0.25, -0.2) is 0 Å². The number of carbonyl (C=O) groups excluding carboxylic acids is 4. The Morgan fingerprint density at radius 3 is 0.773 bits per heavy atom. The number of fused-ring (bicyclic) bond motifs is 2. The van der Waals surface area contributed by atoms with E-state index in [4.69, 9.17) is 37.9 Å². The summed E-state index contributed by atoms with van der Waals surface area (Å²) in [5.74, 6) is 1.12.